The molecule has 0 saturated carbocycles. The predicted molar refractivity (Wildman–Crippen MR) is 152 cm³/mol. The van der Waals surface area contributed by atoms with E-state index in [1.54, 1.807) is 37.0 Å². The summed E-state index contributed by atoms with van der Waals surface area (Å²) < 4.78 is 22.4. The molecule has 0 saturated heterocycles. The number of thioether (sulfide) groups is 1. The quantitative estimate of drug-likeness (QED) is 0.328. The highest BCUT2D eigenvalue weighted by Crippen LogP contribution is 2.54. The first kappa shape index (κ1) is 28.6. The van der Waals surface area contributed by atoms with Gasteiger partial charge >= 0.3 is 0 Å². The van der Waals surface area contributed by atoms with E-state index in [1.165, 1.54) is 26.5 Å². The van der Waals surface area contributed by atoms with Crippen LogP contribution in [0.1, 0.15) is 42.1 Å². The van der Waals surface area contributed by atoms with Crippen LogP contribution in [0.25, 0.3) is 11.5 Å². The molecule has 13 heteroatoms. The van der Waals surface area contributed by atoms with Gasteiger partial charge in [0.15, 0.2) is 17.3 Å². The summed E-state index contributed by atoms with van der Waals surface area (Å²) in [5, 5.41) is 15.6. The summed E-state index contributed by atoms with van der Waals surface area (Å²) in [6.07, 6.45) is 5.26. The molecule has 11 nitrogen and oxygen atoms in total. The summed E-state index contributed by atoms with van der Waals surface area (Å²) >= 11 is 8.10. The van der Waals surface area contributed by atoms with Crippen LogP contribution in [0.15, 0.2) is 51.3 Å². The molecule has 0 amide bonds. The van der Waals surface area contributed by atoms with Gasteiger partial charge in [0.1, 0.15) is 33.8 Å². The van der Waals surface area contributed by atoms with Gasteiger partial charge in [-0.3, -0.25) is 19.6 Å². The average Bonchev–Trinajstić information content (AvgIpc) is 3.59. The first-order chi connectivity index (χ1) is 19.8. The Hall–Kier alpha value is -3.90. The van der Waals surface area contributed by atoms with E-state index >= 15 is 0 Å². The maximum absolute atomic E-state index is 13.9. The van der Waals surface area contributed by atoms with E-state index in [-0.39, 0.29) is 45.7 Å². The number of carbonyl (C=O) groups excluding carboxylic acids is 2. The van der Waals surface area contributed by atoms with Crippen molar-refractivity contribution in [3.63, 3.8) is 0 Å². The number of aliphatic imine (C=N–C) groups is 1. The van der Waals surface area contributed by atoms with Gasteiger partial charge in [0, 0.05) is 30.8 Å². The molecule has 1 aromatic carbocycles. The smallest absolute Gasteiger partial charge is 0.251 e. The summed E-state index contributed by atoms with van der Waals surface area (Å²) in [7, 11) is 2.82. The van der Waals surface area contributed by atoms with Crippen LogP contribution in [0.3, 0.4) is 0 Å². The lowest BCUT2D eigenvalue weighted by atomic mass is 9.73. The first-order valence-corrected chi connectivity index (χ1v) is 14.5. The fourth-order valence-electron chi connectivity index (χ4n) is 4.94. The van der Waals surface area contributed by atoms with Crippen LogP contribution < -0.4 is 14.2 Å². The summed E-state index contributed by atoms with van der Waals surface area (Å²) in [5.74, 6) is -0.573. The van der Waals surface area contributed by atoms with Crippen molar-refractivity contribution in [3.8, 4) is 28.8 Å². The van der Waals surface area contributed by atoms with Crippen LogP contribution in [0, 0.1) is 5.92 Å². The summed E-state index contributed by atoms with van der Waals surface area (Å²) in [6, 6.07) is 6.21. The second-order valence-corrected chi connectivity index (χ2v) is 10.9. The Balaban J connectivity index is 1.54. The van der Waals surface area contributed by atoms with Crippen molar-refractivity contribution in [3.05, 3.63) is 58.3 Å². The molecule has 2 aliphatic rings. The van der Waals surface area contributed by atoms with Crippen LogP contribution >= 0.6 is 23.4 Å². The lowest BCUT2D eigenvalue weighted by Crippen LogP contribution is -2.52. The van der Waals surface area contributed by atoms with Crippen LogP contribution in [0.2, 0.25) is 5.02 Å². The van der Waals surface area contributed by atoms with Crippen molar-refractivity contribution in [2.45, 2.75) is 31.4 Å². The second-order valence-electron chi connectivity index (χ2n) is 9.50. The number of aliphatic hydroxyl groups excluding tert-OH is 1. The number of fused-ring (bicyclic) bond motifs is 1. The number of allylic oxidation sites excluding steroid dienone is 1. The molecule has 3 aromatic rings. The minimum Gasteiger partial charge on any atom is -0.507 e. The average molecular weight is 599 g/mol. The predicted octanol–water partition coefficient (Wildman–Crippen LogP) is 5.10. The molecular formula is C28H27ClN4O7S. The Morgan fingerprint density at radius 3 is 2.76 bits per heavy atom. The number of hydrogen-bond donors (Lipinski definition) is 1. The highest BCUT2D eigenvalue weighted by molar-refractivity contribution is 7.98. The molecule has 0 bridgehead atoms. The van der Waals surface area contributed by atoms with Crippen molar-refractivity contribution in [2.75, 3.05) is 26.2 Å². The number of rotatable bonds is 9. The number of ether oxygens (including phenoxy) is 3. The Labute approximate surface area is 245 Å². The van der Waals surface area contributed by atoms with Gasteiger partial charge in [0.2, 0.25) is 17.2 Å². The van der Waals surface area contributed by atoms with Crippen LogP contribution in [0.5, 0.6) is 17.2 Å². The second kappa shape index (κ2) is 11.5. The van der Waals surface area contributed by atoms with E-state index in [0.29, 0.717) is 23.7 Å². The van der Waals surface area contributed by atoms with Crippen molar-refractivity contribution in [1.82, 2.24) is 15.1 Å². The zero-order chi connectivity index (χ0) is 29.3. The molecule has 1 aliphatic heterocycles. The minimum absolute atomic E-state index is 0.0164. The molecule has 41 heavy (non-hydrogen) atoms. The third kappa shape index (κ3) is 4.84. The molecule has 3 atom stereocenters. The van der Waals surface area contributed by atoms with E-state index in [4.69, 9.17) is 30.3 Å². The summed E-state index contributed by atoms with van der Waals surface area (Å²) in [6.45, 7) is 1.66. The first-order valence-electron chi connectivity index (χ1n) is 12.7. The topological polar surface area (TPSA) is 146 Å². The van der Waals surface area contributed by atoms with Crippen molar-refractivity contribution in [2.24, 2.45) is 10.9 Å². The van der Waals surface area contributed by atoms with Crippen LogP contribution in [0.4, 0.5) is 0 Å². The largest absolute Gasteiger partial charge is 0.507 e. The number of carbonyl (C=O) groups is 2. The summed E-state index contributed by atoms with van der Waals surface area (Å²) in [5.41, 5.74) is -1.44. The molecule has 1 unspecified atom stereocenters. The molecule has 214 valence electrons. The van der Waals surface area contributed by atoms with E-state index in [9.17, 15) is 14.7 Å². The lowest BCUT2D eigenvalue weighted by Gasteiger charge is -2.36. The molecular weight excluding hydrogens is 572 g/mol. The van der Waals surface area contributed by atoms with Gasteiger partial charge in [-0.15, -0.1) is 0 Å². The highest BCUT2D eigenvalue weighted by atomic mass is 35.5. The van der Waals surface area contributed by atoms with Crippen molar-refractivity contribution < 1.29 is 33.4 Å². The van der Waals surface area contributed by atoms with Gasteiger partial charge in [0.25, 0.3) is 5.89 Å². The zero-order valence-electron chi connectivity index (χ0n) is 22.7. The Bertz CT molecular complexity index is 1560. The zero-order valence-corrected chi connectivity index (χ0v) is 24.3. The van der Waals surface area contributed by atoms with Crippen molar-refractivity contribution in [1.29, 1.82) is 0 Å². The Kier molecular flexibility index (Phi) is 8.05. The molecule has 2 aromatic heterocycles. The molecule has 3 heterocycles. The van der Waals surface area contributed by atoms with Gasteiger partial charge in [0.05, 0.1) is 19.8 Å². The molecule has 5 rings (SSSR count). The fraction of sp³-hybridized carbons (Fsp3) is 0.357. The SMILES string of the molecule is COc1cc(OC)c2c(c1Cl)O[C@]1(C2=O)C(O)=C(C=NC(CCSC)c2nc(-c3ccccn3)no2)C(=O)C[C@H]1C. The number of Topliss-reactive ketones (excluding diaryl/α,β-unsaturated/α-hetero) is 2. The fourth-order valence-corrected chi connectivity index (χ4v) is 5.66. The third-order valence-electron chi connectivity index (χ3n) is 7.11. The van der Waals surface area contributed by atoms with Gasteiger partial charge in [-0.25, -0.2) is 0 Å². The third-order valence-corrected chi connectivity index (χ3v) is 8.11. The molecule has 1 spiro atoms. The minimum atomic E-state index is -1.90. The van der Waals surface area contributed by atoms with Crippen LogP contribution in [-0.4, -0.2) is 69.8 Å². The van der Waals surface area contributed by atoms with E-state index in [1.807, 2.05) is 12.3 Å². The van der Waals surface area contributed by atoms with Crippen molar-refractivity contribution >= 4 is 41.1 Å². The number of ketones is 2. The van der Waals surface area contributed by atoms with Gasteiger partial charge in [-0.1, -0.05) is 29.7 Å². The summed E-state index contributed by atoms with van der Waals surface area (Å²) in [4.78, 5) is 40.3. The monoisotopic (exact) mass is 598 g/mol. The lowest BCUT2D eigenvalue weighted by molar-refractivity contribution is -0.118. The number of nitrogens with zero attached hydrogens (tertiary/aromatic N) is 4. The number of benzene rings is 1. The van der Waals surface area contributed by atoms with E-state index in [2.05, 4.69) is 20.1 Å². The number of hydrogen-bond acceptors (Lipinski definition) is 12. The van der Waals surface area contributed by atoms with Crippen LogP contribution in [-0.2, 0) is 4.79 Å². The number of methoxy groups -OCH3 is 2. The Morgan fingerprint density at radius 2 is 2.07 bits per heavy atom. The maximum Gasteiger partial charge on any atom is 0.251 e. The number of pyridine rings is 1. The van der Waals surface area contributed by atoms with Gasteiger partial charge in [-0.05, 0) is 30.6 Å². The molecule has 0 fully saturated rings. The molecule has 1 N–H and O–H groups in total. The van der Waals surface area contributed by atoms with E-state index in [0.717, 1.165) is 0 Å². The number of aliphatic hydroxyl groups is 1. The molecule has 0 radical (unpaired) electrons. The molecule has 1 aliphatic carbocycles. The normalized spacial score (nSPS) is 21.0. The maximum atomic E-state index is 13.9. The number of halogens is 1. The van der Waals surface area contributed by atoms with E-state index < -0.39 is 34.9 Å². The van der Waals surface area contributed by atoms with Gasteiger partial charge in [-0.2, -0.15) is 16.7 Å². The number of aromatic nitrogens is 3. The Morgan fingerprint density at radius 1 is 1.29 bits per heavy atom. The highest BCUT2D eigenvalue weighted by Gasteiger charge is 2.60. The van der Waals surface area contributed by atoms with Gasteiger partial charge < -0.3 is 23.8 Å². The standard InChI is InChI=1S/C28H27ClN4O7S/c1-14-11-18(34)15(13-31-17(8-10-41-4)27-32-26(33-40-27)16-7-5-6-9-30-16)24(35)28(14)25(36)21-19(37-2)12-20(38-3)22(29)23(21)39-28/h5-7,9,12-14,17,35H,8,10-11H2,1-4H3/t14-,17?,28+/m1/s1.